The second-order valence-corrected chi connectivity index (χ2v) is 10.1. The maximum Gasteiger partial charge on any atom is 0.254 e. The van der Waals surface area contributed by atoms with E-state index in [2.05, 4.69) is 25.7 Å². The molecule has 0 saturated carbocycles. The molecule has 9 nitrogen and oxygen atoms in total. The van der Waals surface area contributed by atoms with E-state index >= 15 is 0 Å². The van der Waals surface area contributed by atoms with E-state index < -0.39 is 15.9 Å². The van der Waals surface area contributed by atoms with Crippen LogP contribution in [0.4, 0.5) is 4.39 Å². The molecule has 0 aliphatic heterocycles. The summed E-state index contributed by atoms with van der Waals surface area (Å²) in [5.74, 6) is -0.725. The molecule has 35 heavy (non-hydrogen) atoms. The summed E-state index contributed by atoms with van der Waals surface area (Å²) in [6.45, 7) is 0.734. The number of amides is 1. The zero-order chi connectivity index (χ0) is 25.0. The van der Waals surface area contributed by atoms with E-state index in [0.717, 1.165) is 19.2 Å². The predicted octanol–water partition coefficient (Wildman–Crippen LogP) is 2.83. The normalized spacial score (nSPS) is 12.5. The van der Waals surface area contributed by atoms with E-state index in [-0.39, 0.29) is 16.8 Å². The van der Waals surface area contributed by atoms with Gasteiger partial charge in [-0.05, 0) is 68.4 Å². The third kappa shape index (κ3) is 5.52. The van der Waals surface area contributed by atoms with E-state index in [0.29, 0.717) is 34.1 Å². The summed E-state index contributed by atoms with van der Waals surface area (Å²) in [4.78, 5) is 21.5. The fourth-order valence-electron chi connectivity index (χ4n) is 3.80. The first-order chi connectivity index (χ1) is 16.8. The number of halogens is 1. The quantitative estimate of drug-likeness (QED) is 0.342. The molecule has 2 N–H and O–H groups in total. The summed E-state index contributed by atoms with van der Waals surface area (Å²) >= 11 is 0. The van der Waals surface area contributed by atoms with E-state index in [9.17, 15) is 17.6 Å². The van der Waals surface area contributed by atoms with Gasteiger partial charge in [0.2, 0.25) is 0 Å². The highest BCUT2D eigenvalue weighted by molar-refractivity contribution is 7.90. The van der Waals surface area contributed by atoms with Crippen molar-refractivity contribution in [3.63, 3.8) is 0 Å². The van der Waals surface area contributed by atoms with Crippen molar-refractivity contribution in [2.45, 2.75) is 23.9 Å². The van der Waals surface area contributed by atoms with Gasteiger partial charge in [-0.2, -0.15) is 5.10 Å². The van der Waals surface area contributed by atoms with Gasteiger partial charge in [0, 0.05) is 24.0 Å². The van der Waals surface area contributed by atoms with E-state index in [4.69, 9.17) is 0 Å². The molecule has 4 rings (SSSR count). The number of aromatic nitrogens is 4. The number of sulfone groups is 1. The first-order valence-corrected chi connectivity index (χ1v) is 12.9. The van der Waals surface area contributed by atoms with Gasteiger partial charge < -0.3 is 10.6 Å². The SMILES string of the molecule is CNCCC[C@H](NC(=O)c1cncc2c1cnn2-c1ccc(F)cc1)c1ccnc(S(C)(=O)=O)c1. The molecule has 0 aliphatic carbocycles. The maximum absolute atomic E-state index is 13.4. The minimum atomic E-state index is -3.50. The van der Waals surface area contributed by atoms with Crippen molar-refractivity contribution in [1.29, 1.82) is 0 Å². The van der Waals surface area contributed by atoms with Crippen LogP contribution in [0.2, 0.25) is 0 Å². The Labute approximate surface area is 202 Å². The minimum absolute atomic E-state index is 0.0489. The Hall–Kier alpha value is -3.70. The smallest absolute Gasteiger partial charge is 0.254 e. The van der Waals surface area contributed by atoms with Crippen LogP contribution in [-0.4, -0.2) is 53.9 Å². The second kappa shape index (κ2) is 10.3. The lowest BCUT2D eigenvalue weighted by Crippen LogP contribution is -2.29. The highest BCUT2D eigenvalue weighted by Gasteiger charge is 2.21. The average Bonchev–Trinajstić information content (AvgIpc) is 3.28. The van der Waals surface area contributed by atoms with Gasteiger partial charge >= 0.3 is 0 Å². The summed E-state index contributed by atoms with van der Waals surface area (Å²) in [5, 5.41) is 11.0. The molecule has 3 heterocycles. The Morgan fingerprint density at radius 2 is 1.91 bits per heavy atom. The zero-order valence-corrected chi connectivity index (χ0v) is 20.1. The van der Waals surface area contributed by atoms with Crippen molar-refractivity contribution in [3.05, 3.63) is 78.1 Å². The molecule has 1 amide bonds. The molecule has 0 radical (unpaired) electrons. The summed E-state index contributed by atoms with van der Waals surface area (Å²) in [5.41, 5.74) is 2.20. The number of nitrogens with zero attached hydrogens (tertiary/aromatic N) is 4. The van der Waals surface area contributed by atoms with Crippen molar-refractivity contribution < 1.29 is 17.6 Å². The van der Waals surface area contributed by atoms with Gasteiger partial charge in [-0.1, -0.05) is 0 Å². The number of hydrogen-bond acceptors (Lipinski definition) is 7. The van der Waals surface area contributed by atoms with E-state index in [1.807, 2.05) is 7.05 Å². The number of pyridine rings is 2. The fraction of sp³-hybridized carbons (Fsp3) is 0.250. The molecule has 0 saturated heterocycles. The lowest BCUT2D eigenvalue weighted by atomic mass is 10.0. The standard InChI is InChI=1S/C24H25FN6O3S/c1-26-10-3-4-21(16-9-11-28-23(12-16)35(2,33)34)30-24(32)20-13-27-15-22-19(20)14-29-31(22)18-7-5-17(25)6-8-18/h5-9,11-15,21,26H,3-4,10H2,1-2H3,(H,30,32)/t21-/m0/s1. The van der Waals surface area contributed by atoms with Crippen molar-refractivity contribution in [2.75, 3.05) is 19.8 Å². The fourth-order valence-corrected chi connectivity index (χ4v) is 4.40. The first kappa shape index (κ1) is 24.4. The van der Waals surface area contributed by atoms with Crippen LogP contribution in [0.25, 0.3) is 16.6 Å². The van der Waals surface area contributed by atoms with Crippen LogP contribution >= 0.6 is 0 Å². The molecule has 0 unspecified atom stereocenters. The Kier molecular flexibility index (Phi) is 7.17. The molecular formula is C24H25FN6O3S. The Morgan fingerprint density at radius 1 is 1.14 bits per heavy atom. The van der Waals surface area contributed by atoms with Crippen LogP contribution in [0.15, 0.2) is 66.2 Å². The third-order valence-electron chi connectivity index (χ3n) is 5.58. The molecule has 4 aromatic rings. The van der Waals surface area contributed by atoms with Crippen molar-refractivity contribution in [2.24, 2.45) is 0 Å². The van der Waals surface area contributed by atoms with Crippen molar-refractivity contribution in [3.8, 4) is 5.69 Å². The Balaban J connectivity index is 1.66. The summed E-state index contributed by atoms with van der Waals surface area (Å²) in [6, 6.07) is 8.60. The number of nitrogens with one attached hydrogen (secondary N) is 2. The predicted molar refractivity (Wildman–Crippen MR) is 130 cm³/mol. The van der Waals surface area contributed by atoms with Gasteiger partial charge in [0.25, 0.3) is 5.91 Å². The number of carbonyl (C=O) groups excluding carboxylic acids is 1. The van der Waals surface area contributed by atoms with E-state index in [1.165, 1.54) is 30.6 Å². The number of benzene rings is 1. The van der Waals surface area contributed by atoms with Crippen LogP contribution in [-0.2, 0) is 9.84 Å². The molecule has 1 atom stereocenters. The molecular weight excluding hydrogens is 471 g/mol. The lowest BCUT2D eigenvalue weighted by molar-refractivity contribution is 0.0935. The second-order valence-electron chi connectivity index (χ2n) is 8.12. The highest BCUT2D eigenvalue weighted by Crippen LogP contribution is 2.24. The maximum atomic E-state index is 13.4. The molecule has 1 aromatic carbocycles. The Bertz CT molecular complexity index is 1450. The molecule has 182 valence electrons. The highest BCUT2D eigenvalue weighted by atomic mass is 32.2. The van der Waals surface area contributed by atoms with Crippen LogP contribution in [0.5, 0.6) is 0 Å². The molecule has 0 aliphatic rings. The number of fused-ring (bicyclic) bond motifs is 1. The summed E-state index contributed by atoms with van der Waals surface area (Å²) < 4.78 is 38.9. The number of hydrogen-bond donors (Lipinski definition) is 2. The minimum Gasteiger partial charge on any atom is -0.345 e. The van der Waals surface area contributed by atoms with Gasteiger partial charge in [-0.3, -0.25) is 9.78 Å². The molecule has 0 spiro atoms. The summed E-state index contributed by atoms with van der Waals surface area (Å²) in [7, 11) is -1.66. The Morgan fingerprint density at radius 3 is 2.63 bits per heavy atom. The molecule has 0 fully saturated rings. The number of rotatable bonds is 9. The molecule has 3 aromatic heterocycles. The molecule has 11 heteroatoms. The van der Waals surface area contributed by atoms with Crippen LogP contribution in [0, 0.1) is 5.82 Å². The topological polar surface area (TPSA) is 119 Å². The van der Waals surface area contributed by atoms with Gasteiger partial charge in [-0.15, -0.1) is 0 Å². The average molecular weight is 497 g/mol. The van der Waals surface area contributed by atoms with Crippen molar-refractivity contribution in [1.82, 2.24) is 30.4 Å². The van der Waals surface area contributed by atoms with Gasteiger partial charge in [-0.25, -0.2) is 22.5 Å². The van der Waals surface area contributed by atoms with Crippen molar-refractivity contribution >= 4 is 26.6 Å². The number of carbonyl (C=O) groups is 1. The van der Waals surface area contributed by atoms with Gasteiger partial charge in [0.05, 0.1) is 35.2 Å². The zero-order valence-electron chi connectivity index (χ0n) is 19.3. The van der Waals surface area contributed by atoms with Crippen LogP contribution in [0.3, 0.4) is 0 Å². The summed E-state index contributed by atoms with van der Waals surface area (Å²) in [6.07, 6.45) is 8.48. The largest absolute Gasteiger partial charge is 0.345 e. The monoisotopic (exact) mass is 496 g/mol. The van der Waals surface area contributed by atoms with Gasteiger partial charge in [0.15, 0.2) is 14.9 Å². The van der Waals surface area contributed by atoms with Crippen LogP contribution in [0.1, 0.15) is 34.8 Å². The van der Waals surface area contributed by atoms with E-state index in [1.54, 1.807) is 35.3 Å². The first-order valence-electron chi connectivity index (χ1n) is 11.0. The lowest BCUT2D eigenvalue weighted by Gasteiger charge is -2.20. The van der Waals surface area contributed by atoms with Gasteiger partial charge in [0.1, 0.15) is 5.82 Å². The van der Waals surface area contributed by atoms with Crippen LogP contribution < -0.4 is 10.6 Å². The molecule has 0 bridgehead atoms. The third-order valence-corrected chi connectivity index (χ3v) is 6.56.